The Labute approximate surface area is 155 Å². The van der Waals surface area contributed by atoms with Gasteiger partial charge in [-0.25, -0.2) is 9.97 Å². The predicted molar refractivity (Wildman–Crippen MR) is 104 cm³/mol. The molecule has 0 fully saturated rings. The number of H-pyrrole nitrogens is 1. The summed E-state index contributed by atoms with van der Waals surface area (Å²) in [4.78, 5) is 11.6. The van der Waals surface area contributed by atoms with Crippen molar-refractivity contribution in [1.29, 1.82) is 5.41 Å². The average molecular weight is 354 g/mol. The molecule has 0 unspecified atom stereocenters. The van der Waals surface area contributed by atoms with Gasteiger partial charge >= 0.3 is 0 Å². The molecule has 0 aliphatic carbocycles. The van der Waals surface area contributed by atoms with E-state index in [1.165, 1.54) is 22.4 Å². The van der Waals surface area contributed by atoms with Crippen LogP contribution in [-0.4, -0.2) is 23.9 Å². The van der Waals surface area contributed by atoms with E-state index in [0.717, 1.165) is 11.2 Å². The second-order valence-electron chi connectivity index (χ2n) is 6.65. The molecule has 6 nitrogen and oxygen atoms in total. The summed E-state index contributed by atoms with van der Waals surface area (Å²) in [6, 6.07) is 16.9. The van der Waals surface area contributed by atoms with E-state index in [-0.39, 0.29) is 5.49 Å². The summed E-state index contributed by atoms with van der Waals surface area (Å²) in [5, 5.41) is 7.95. The van der Waals surface area contributed by atoms with Gasteiger partial charge in [0.15, 0.2) is 11.1 Å². The maximum absolute atomic E-state index is 7.95. The number of fused-ring (bicyclic) bond motifs is 2. The lowest BCUT2D eigenvalue weighted by atomic mass is 10.0. The first-order chi connectivity index (χ1) is 13.2. The third kappa shape index (κ3) is 2.45. The summed E-state index contributed by atoms with van der Waals surface area (Å²) in [6.07, 6.45) is 5.40. The molecule has 0 aliphatic heterocycles. The zero-order valence-corrected chi connectivity index (χ0v) is 14.8. The fraction of sp³-hybridized carbons (Fsp3) is 0.0952. The monoisotopic (exact) mass is 354 g/mol. The van der Waals surface area contributed by atoms with Crippen molar-refractivity contribution in [2.24, 2.45) is 0 Å². The number of hydrogen-bond donors (Lipinski definition) is 2. The summed E-state index contributed by atoms with van der Waals surface area (Å²) in [7, 11) is 0. The number of imidazole rings is 1. The van der Waals surface area contributed by atoms with Crippen LogP contribution >= 0.6 is 0 Å². The van der Waals surface area contributed by atoms with Crippen molar-refractivity contribution < 1.29 is 0 Å². The third-order valence-corrected chi connectivity index (χ3v) is 4.95. The average Bonchev–Trinajstić information content (AvgIpc) is 3.30. The van der Waals surface area contributed by atoms with Gasteiger partial charge in [0.25, 0.3) is 0 Å². The fourth-order valence-corrected chi connectivity index (χ4v) is 3.67. The second kappa shape index (κ2) is 5.95. The molecule has 6 heteroatoms. The topological polar surface area (TPSA) is 74.8 Å². The van der Waals surface area contributed by atoms with Gasteiger partial charge < -0.3 is 14.0 Å². The summed E-state index contributed by atoms with van der Waals surface area (Å²) >= 11 is 0. The molecule has 4 heterocycles. The van der Waals surface area contributed by atoms with E-state index in [9.17, 15) is 0 Å². The Hall–Kier alpha value is -3.67. The molecule has 4 aromatic heterocycles. The molecule has 0 aliphatic rings. The number of hydrogen-bond acceptors (Lipinski definition) is 3. The SMILES string of the molecule is Cc1ccccc1-c1c(Cn2cnc(=N)c3[nH]cnc32)cc2ccccn12. The maximum Gasteiger partial charge on any atom is 0.173 e. The molecule has 5 rings (SSSR count). The lowest BCUT2D eigenvalue weighted by Gasteiger charge is -2.12. The van der Waals surface area contributed by atoms with Gasteiger partial charge in [-0.1, -0.05) is 30.3 Å². The van der Waals surface area contributed by atoms with Crippen molar-refractivity contribution in [3.05, 3.63) is 84.0 Å². The number of aromatic amines is 1. The highest BCUT2D eigenvalue weighted by Crippen LogP contribution is 2.30. The van der Waals surface area contributed by atoms with Gasteiger partial charge in [0.1, 0.15) is 5.52 Å². The van der Waals surface area contributed by atoms with E-state index in [0.29, 0.717) is 12.1 Å². The van der Waals surface area contributed by atoms with Crippen LogP contribution in [0.15, 0.2) is 67.4 Å². The van der Waals surface area contributed by atoms with Gasteiger partial charge in [0.2, 0.25) is 0 Å². The van der Waals surface area contributed by atoms with Crippen LogP contribution in [0.2, 0.25) is 0 Å². The first-order valence-corrected chi connectivity index (χ1v) is 8.80. The molecular formula is C21H18N6. The smallest absolute Gasteiger partial charge is 0.173 e. The van der Waals surface area contributed by atoms with Gasteiger partial charge in [-0.05, 0) is 36.2 Å². The number of aryl methyl sites for hydroxylation is 1. The molecule has 0 saturated heterocycles. The zero-order valence-electron chi connectivity index (χ0n) is 14.8. The van der Waals surface area contributed by atoms with E-state index in [2.05, 4.69) is 74.9 Å². The normalized spacial score (nSPS) is 11.4. The predicted octanol–water partition coefficient (Wildman–Crippen LogP) is 3.52. The largest absolute Gasteiger partial charge is 0.340 e. The third-order valence-electron chi connectivity index (χ3n) is 4.95. The molecular weight excluding hydrogens is 336 g/mol. The Morgan fingerprint density at radius 3 is 2.81 bits per heavy atom. The number of rotatable bonds is 3. The Morgan fingerprint density at radius 1 is 1.07 bits per heavy atom. The first kappa shape index (κ1) is 15.6. The van der Waals surface area contributed by atoms with Crippen molar-refractivity contribution in [1.82, 2.24) is 23.9 Å². The van der Waals surface area contributed by atoms with Crippen molar-refractivity contribution in [3.8, 4) is 11.3 Å². The lowest BCUT2D eigenvalue weighted by molar-refractivity contribution is 0.785. The van der Waals surface area contributed by atoms with Crippen molar-refractivity contribution in [2.75, 3.05) is 0 Å². The first-order valence-electron chi connectivity index (χ1n) is 8.80. The van der Waals surface area contributed by atoms with Crippen molar-refractivity contribution in [2.45, 2.75) is 13.5 Å². The molecule has 0 saturated carbocycles. The van der Waals surface area contributed by atoms with Crippen LogP contribution in [0.4, 0.5) is 0 Å². The number of aromatic nitrogens is 5. The Kier molecular flexibility index (Phi) is 3.43. The summed E-state index contributed by atoms with van der Waals surface area (Å²) < 4.78 is 4.21. The molecule has 0 amide bonds. The molecule has 0 spiro atoms. The standard InChI is InChI=1S/C21H18N6/c1-14-6-2-3-8-17(14)19-15(10-16-7-4-5-9-27(16)19)11-26-13-25-20(22)18-21(26)24-12-23-18/h2-10,12-13,22H,11H2,1H3,(H,23,24). The van der Waals surface area contributed by atoms with Crippen LogP contribution in [0, 0.1) is 12.3 Å². The minimum Gasteiger partial charge on any atom is -0.340 e. The molecule has 0 radical (unpaired) electrons. The summed E-state index contributed by atoms with van der Waals surface area (Å²) in [5.41, 5.74) is 7.55. The lowest BCUT2D eigenvalue weighted by Crippen LogP contribution is -2.13. The maximum atomic E-state index is 7.95. The Bertz CT molecular complexity index is 1340. The van der Waals surface area contributed by atoms with Crippen LogP contribution in [0.1, 0.15) is 11.1 Å². The zero-order chi connectivity index (χ0) is 18.4. The highest BCUT2D eigenvalue weighted by Gasteiger charge is 2.15. The van der Waals surface area contributed by atoms with Gasteiger partial charge in [-0.2, -0.15) is 0 Å². The van der Waals surface area contributed by atoms with Crippen molar-refractivity contribution in [3.63, 3.8) is 0 Å². The quantitative estimate of drug-likeness (QED) is 0.520. The summed E-state index contributed by atoms with van der Waals surface area (Å²) in [5.74, 6) is 0. The van der Waals surface area contributed by atoms with Crippen LogP contribution in [0.3, 0.4) is 0 Å². The second-order valence-corrected chi connectivity index (χ2v) is 6.65. The van der Waals surface area contributed by atoms with Crippen LogP contribution in [0.5, 0.6) is 0 Å². The molecule has 0 atom stereocenters. The van der Waals surface area contributed by atoms with Crippen molar-refractivity contribution >= 4 is 16.7 Å². The number of nitrogens with one attached hydrogen (secondary N) is 2. The molecule has 5 aromatic rings. The van der Waals surface area contributed by atoms with Gasteiger partial charge in [-0.3, -0.25) is 5.41 Å². The minimum absolute atomic E-state index is 0.208. The number of benzene rings is 1. The summed E-state index contributed by atoms with van der Waals surface area (Å²) in [6.45, 7) is 2.76. The molecule has 0 bridgehead atoms. The fourth-order valence-electron chi connectivity index (χ4n) is 3.67. The van der Waals surface area contributed by atoms with E-state index < -0.39 is 0 Å². The van der Waals surface area contributed by atoms with Gasteiger partial charge in [0, 0.05) is 17.3 Å². The number of nitrogens with zero attached hydrogens (tertiary/aromatic N) is 4. The van der Waals surface area contributed by atoms with Gasteiger partial charge in [-0.15, -0.1) is 0 Å². The van der Waals surface area contributed by atoms with E-state index >= 15 is 0 Å². The van der Waals surface area contributed by atoms with E-state index in [1.807, 2.05) is 10.6 Å². The highest BCUT2D eigenvalue weighted by atomic mass is 15.1. The van der Waals surface area contributed by atoms with E-state index in [4.69, 9.17) is 5.41 Å². The minimum atomic E-state index is 0.208. The molecule has 132 valence electrons. The van der Waals surface area contributed by atoms with Crippen LogP contribution < -0.4 is 5.49 Å². The van der Waals surface area contributed by atoms with Crippen LogP contribution in [-0.2, 0) is 6.54 Å². The Morgan fingerprint density at radius 2 is 1.93 bits per heavy atom. The van der Waals surface area contributed by atoms with E-state index in [1.54, 1.807) is 12.7 Å². The van der Waals surface area contributed by atoms with Gasteiger partial charge in [0.05, 0.1) is 24.9 Å². The molecule has 27 heavy (non-hydrogen) atoms. The highest BCUT2D eigenvalue weighted by molar-refractivity contribution is 5.74. The molecule has 1 aromatic carbocycles. The van der Waals surface area contributed by atoms with Crippen LogP contribution in [0.25, 0.3) is 27.9 Å². The Balaban J connectivity index is 1.75. The number of pyridine rings is 1. The molecule has 2 N–H and O–H groups in total.